The molecule has 2 rings (SSSR count). The van der Waals surface area contributed by atoms with Crippen molar-refractivity contribution >= 4 is 23.2 Å². The first kappa shape index (κ1) is 15.2. The molecule has 106 valence electrons. The van der Waals surface area contributed by atoms with Crippen LogP contribution in [0.25, 0.3) is 0 Å². The molecule has 1 unspecified atom stereocenters. The van der Waals surface area contributed by atoms with Crippen molar-refractivity contribution < 1.29 is 4.74 Å². The molecular formula is C16H17Cl2NO. The van der Waals surface area contributed by atoms with Gasteiger partial charge >= 0.3 is 0 Å². The van der Waals surface area contributed by atoms with Crippen LogP contribution in [0.5, 0.6) is 11.5 Å². The summed E-state index contributed by atoms with van der Waals surface area (Å²) in [6.07, 6.45) is 0. The van der Waals surface area contributed by atoms with Crippen LogP contribution < -0.4 is 10.1 Å². The normalized spacial score (nSPS) is 12.2. The summed E-state index contributed by atoms with van der Waals surface area (Å²) in [5.74, 6) is 1.39. The molecule has 20 heavy (non-hydrogen) atoms. The fourth-order valence-corrected chi connectivity index (χ4v) is 2.52. The zero-order valence-electron chi connectivity index (χ0n) is 11.5. The molecule has 0 aromatic heterocycles. The van der Waals surface area contributed by atoms with Gasteiger partial charge in [-0.1, -0.05) is 42.3 Å². The number of rotatable bonds is 5. The highest BCUT2D eigenvalue weighted by atomic mass is 35.5. The maximum Gasteiger partial charge on any atom is 0.128 e. The quantitative estimate of drug-likeness (QED) is 0.792. The van der Waals surface area contributed by atoms with Gasteiger partial charge in [-0.25, -0.2) is 0 Å². The summed E-state index contributed by atoms with van der Waals surface area (Å²) in [7, 11) is 0. The molecule has 0 bridgehead atoms. The van der Waals surface area contributed by atoms with E-state index in [-0.39, 0.29) is 6.04 Å². The van der Waals surface area contributed by atoms with Crippen molar-refractivity contribution in [3.8, 4) is 11.5 Å². The Morgan fingerprint density at radius 3 is 2.50 bits per heavy atom. The van der Waals surface area contributed by atoms with Crippen molar-refractivity contribution in [3.63, 3.8) is 0 Å². The Labute approximate surface area is 129 Å². The molecule has 1 N–H and O–H groups in total. The van der Waals surface area contributed by atoms with Gasteiger partial charge in [0.15, 0.2) is 0 Å². The second-order valence-corrected chi connectivity index (χ2v) is 5.37. The van der Waals surface area contributed by atoms with E-state index in [1.165, 1.54) is 0 Å². The Balaban J connectivity index is 2.17. The maximum atomic E-state index is 6.31. The first-order valence-corrected chi connectivity index (χ1v) is 7.32. The highest BCUT2D eigenvalue weighted by Gasteiger charge is 2.09. The second kappa shape index (κ2) is 6.98. The van der Waals surface area contributed by atoms with Gasteiger partial charge in [-0.05, 0) is 49.4 Å². The van der Waals surface area contributed by atoms with E-state index >= 15 is 0 Å². The Bertz CT molecular complexity index is 586. The standard InChI is InChI=1S/C16H17Cl2NO/c1-3-19-11(2)15-8-7-14(10-16(15)18)20-13-6-4-5-12(17)9-13/h4-11,19H,3H2,1-2H3. The second-order valence-electron chi connectivity index (χ2n) is 4.52. The van der Waals surface area contributed by atoms with Gasteiger partial charge < -0.3 is 10.1 Å². The van der Waals surface area contributed by atoms with E-state index in [0.717, 1.165) is 12.1 Å². The predicted molar refractivity (Wildman–Crippen MR) is 85.1 cm³/mol. The molecule has 0 heterocycles. The monoisotopic (exact) mass is 309 g/mol. The van der Waals surface area contributed by atoms with Gasteiger partial charge in [-0.3, -0.25) is 0 Å². The van der Waals surface area contributed by atoms with Crippen LogP contribution in [0.1, 0.15) is 25.5 Å². The van der Waals surface area contributed by atoms with E-state index in [1.54, 1.807) is 6.07 Å². The van der Waals surface area contributed by atoms with Crippen LogP contribution >= 0.6 is 23.2 Å². The van der Waals surface area contributed by atoms with E-state index in [1.807, 2.05) is 36.4 Å². The highest BCUT2D eigenvalue weighted by Crippen LogP contribution is 2.30. The van der Waals surface area contributed by atoms with Gasteiger partial charge in [-0.2, -0.15) is 0 Å². The van der Waals surface area contributed by atoms with Crippen molar-refractivity contribution in [2.45, 2.75) is 19.9 Å². The Kier molecular flexibility index (Phi) is 5.30. The van der Waals surface area contributed by atoms with Crippen LogP contribution in [-0.2, 0) is 0 Å². The summed E-state index contributed by atoms with van der Waals surface area (Å²) < 4.78 is 5.75. The molecule has 0 fully saturated rings. The lowest BCUT2D eigenvalue weighted by atomic mass is 10.1. The number of nitrogens with one attached hydrogen (secondary N) is 1. The van der Waals surface area contributed by atoms with Crippen molar-refractivity contribution in [3.05, 3.63) is 58.1 Å². The van der Waals surface area contributed by atoms with Crippen LogP contribution in [-0.4, -0.2) is 6.54 Å². The fraction of sp³-hybridized carbons (Fsp3) is 0.250. The van der Waals surface area contributed by atoms with E-state index in [2.05, 4.69) is 19.2 Å². The minimum absolute atomic E-state index is 0.215. The molecule has 0 aliphatic heterocycles. The number of hydrogen-bond donors (Lipinski definition) is 1. The fourth-order valence-electron chi connectivity index (χ4n) is 2.01. The van der Waals surface area contributed by atoms with Gasteiger partial charge in [-0.15, -0.1) is 0 Å². The minimum atomic E-state index is 0.215. The number of halogens is 2. The average molecular weight is 310 g/mol. The van der Waals surface area contributed by atoms with Crippen LogP contribution in [0.3, 0.4) is 0 Å². The number of benzene rings is 2. The topological polar surface area (TPSA) is 21.3 Å². The highest BCUT2D eigenvalue weighted by molar-refractivity contribution is 6.31. The number of hydrogen-bond acceptors (Lipinski definition) is 2. The van der Waals surface area contributed by atoms with Crippen LogP contribution in [0.15, 0.2) is 42.5 Å². The molecule has 0 amide bonds. The first-order valence-electron chi connectivity index (χ1n) is 6.56. The van der Waals surface area contributed by atoms with Gasteiger partial charge in [0.2, 0.25) is 0 Å². The molecule has 4 heteroatoms. The van der Waals surface area contributed by atoms with E-state index < -0.39 is 0 Å². The molecule has 0 saturated carbocycles. The molecule has 1 atom stereocenters. The van der Waals surface area contributed by atoms with Gasteiger partial charge in [0.05, 0.1) is 0 Å². The van der Waals surface area contributed by atoms with Gasteiger partial charge in [0.25, 0.3) is 0 Å². The average Bonchev–Trinajstić information content (AvgIpc) is 2.39. The van der Waals surface area contributed by atoms with E-state index in [9.17, 15) is 0 Å². The van der Waals surface area contributed by atoms with Crippen molar-refractivity contribution in [2.24, 2.45) is 0 Å². The molecular weight excluding hydrogens is 293 g/mol. The molecule has 0 aliphatic carbocycles. The zero-order valence-corrected chi connectivity index (χ0v) is 13.0. The minimum Gasteiger partial charge on any atom is -0.457 e. The molecule has 0 saturated heterocycles. The third-order valence-corrected chi connectivity index (χ3v) is 3.54. The molecule has 0 radical (unpaired) electrons. The van der Waals surface area contributed by atoms with Crippen molar-refractivity contribution in [1.82, 2.24) is 5.32 Å². The molecule has 0 aliphatic rings. The summed E-state index contributed by atoms with van der Waals surface area (Å²) in [5.41, 5.74) is 1.06. The Hall–Kier alpha value is -1.22. The van der Waals surface area contributed by atoms with Crippen LogP contribution in [0, 0.1) is 0 Å². The Morgan fingerprint density at radius 1 is 1.10 bits per heavy atom. The van der Waals surface area contributed by atoms with Gasteiger partial charge in [0, 0.05) is 16.1 Å². The van der Waals surface area contributed by atoms with E-state index in [4.69, 9.17) is 27.9 Å². The molecule has 0 spiro atoms. The largest absolute Gasteiger partial charge is 0.457 e. The summed E-state index contributed by atoms with van der Waals surface area (Å²) in [5, 5.41) is 4.67. The van der Waals surface area contributed by atoms with Gasteiger partial charge in [0.1, 0.15) is 11.5 Å². The Morgan fingerprint density at radius 2 is 1.85 bits per heavy atom. The molecule has 2 aromatic carbocycles. The summed E-state index contributed by atoms with van der Waals surface area (Å²) in [6.45, 7) is 5.06. The predicted octanol–water partition coefficient (Wildman–Crippen LogP) is 5.46. The summed E-state index contributed by atoms with van der Waals surface area (Å²) in [4.78, 5) is 0. The third kappa shape index (κ3) is 3.89. The van der Waals surface area contributed by atoms with Crippen molar-refractivity contribution in [2.75, 3.05) is 6.54 Å². The smallest absolute Gasteiger partial charge is 0.128 e. The summed E-state index contributed by atoms with van der Waals surface area (Å²) >= 11 is 12.2. The molecule has 2 aromatic rings. The van der Waals surface area contributed by atoms with E-state index in [0.29, 0.717) is 21.5 Å². The third-order valence-electron chi connectivity index (χ3n) is 2.98. The lowest BCUT2D eigenvalue weighted by molar-refractivity contribution is 0.482. The summed E-state index contributed by atoms with van der Waals surface area (Å²) in [6, 6.07) is 13.2. The first-order chi connectivity index (χ1) is 9.60. The number of ether oxygens (including phenoxy) is 1. The SMILES string of the molecule is CCNC(C)c1ccc(Oc2cccc(Cl)c2)cc1Cl. The van der Waals surface area contributed by atoms with Crippen LogP contribution in [0.2, 0.25) is 10.0 Å². The van der Waals surface area contributed by atoms with Crippen molar-refractivity contribution in [1.29, 1.82) is 0 Å². The van der Waals surface area contributed by atoms with Crippen LogP contribution in [0.4, 0.5) is 0 Å². The maximum absolute atomic E-state index is 6.31. The lowest BCUT2D eigenvalue weighted by Gasteiger charge is -2.15. The molecule has 2 nitrogen and oxygen atoms in total. The lowest BCUT2D eigenvalue weighted by Crippen LogP contribution is -2.17. The zero-order chi connectivity index (χ0) is 14.5.